The van der Waals surface area contributed by atoms with Gasteiger partial charge in [0, 0.05) is 31.4 Å². The van der Waals surface area contributed by atoms with Crippen LogP contribution in [0.15, 0.2) is 23.4 Å². The molecule has 15 heavy (non-hydrogen) atoms. The summed E-state index contributed by atoms with van der Waals surface area (Å²) in [5.74, 6) is 0. The fourth-order valence-corrected chi connectivity index (χ4v) is 2.07. The van der Waals surface area contributed by atoms with Crippen molar-refractivity contribution in [2.24, 2.45) is 0 Å². The van der Waals surface area contributed by atoms with Crippen molar-refractivity contribution in [3.63, 3.8) is 0 Å². The summed E-state index contributed by atoms with van der Waals surface area (Å²) in [7, 11) is 0. The minimum Gasteiger partial charge on any atom is -0.312 e. The number of aromatic nitrogens is 2. The molecule has 0 unspecified atom stereocenters. The van der Waals surface area contributed by atoms with Gasteiger partial charge in [0.1, 0.15) is 0 Å². The first kappa shape index (κ1) is 10.4. The van der Waals surface area contributed by atoms with Crippen molar-refractivity contribution in [3.8, 4) is 0 Å². The van der Waals surface area contributed by atoms with Gasteiger partial charge in [-0.2, -0.15) is 0 Å². The van der Waals surface area contributed by atoms with Crippen molar-refractivity contribution in [2.75, 3.05) is 6.54 Å². The van der Waals surface area contributed by atoms with E-state index >= 15 is 0 Å². The van der Waals surface area contributed by atoms with Crippen LogP contribution in [0.1, 0.15) is 25.7 Å². The van der Waals surface area contributed by atoms with Gasteiger partial charge in [0.2, 0.25) is 0 Å². The first-order valence-corrected chi connectivity index (χ1v) is 5.60. The summed E-state index contributed by atoms with van der Waals surface area (Å²) in [4.78, 5) is 15.3. The molecule has 4 heteroatoms. The van der Waals surface area contributed by atoms with Crippen molar-refractivity contribution in [3.05, 3.63) is 28.9 Å². The number of rotatable bonds is 4. The van der Waals surface area contributed by atoms with Crippen LogP contribution in [0.25, 0.3) is 0 Å². The molecule has 0 bridgehead atoms. The topological polar surface area (TPSA) is 46.9 Å². The zero-order chi connectivity index (χ0) is 10.5. The molecule has 1 fully saturated rings. The minimum absolute atomic E-state index is 0.0261. The van der Waals surface area contributed by atoms with Crippen LogP contribution in [0.4, 0.5) is 0 Å². The summed E-state index contributed by atoms with van der Waals surface area (Å²) in [5.41, 5.74) is 0.0261. The zero-order valence-corrected chi connectivity index (χ0v) is 8.85. The number of hydrogen-bond acceptors (Lipinski definition) is 3. The van der Waals surface area contributed by atoms with E-state index < -0.39 is 0 Å². The highest BCUT2D eigenvalue weighted by Crippen LogP contribution is 2.17. The molecule has 0 radical (unpaired) electrons. The molecule has 0 amide bonds. The molecular formula is C11H17N3O. The second-order valence-electron chi connectivity index (χ2n) is 4.05. The van der Waals surface area contributed by atoms with E-state index in [0.29, 0.717) is 12.6 Å². The van der Waals surface area contributed by atoms with Gasteiger partial charge in [0.05, 0.1) is 6.33 Å². The minimum atomic E-state index is 0.0261. The van der Waals surface area contributed by atoms with E-state index in [1.165, 1.54) is 37.9 Å². The second kappa shape index (κ2) is 5.07. The van der Waals surface area contributed by atoms with Crippen LogP contribution < -0.4 is 10.9 Å². The van der Waals surface area contributed by atoms with E-state index in [1.54, 1.807) is 10.9 Å². The molecule has 0 saturated heterocycles. The molecule has 1 aromatic rings. The second-order valence-corrected chi connectivity index (χ2v) is 4.05. The summed E-state index contributed by atoms with van der Waals surface area (Å²) in [5, 5.41) is 3.47. The molecule has 0 aliphatic heterocycles. The van der Waals surface area contributed by atoms with Crippen molar-refractivity contribution in [2.45, 2.75) is 38.3 Å². The highest BCUT2D eigenvalue weighted by Gasteiger charge is 2.13. The standard InChI is InChI=1S/C11H17N3O/c15-11-5-6-12-9-14(11)8-7-13-10-3-1-2-4-10/h5-6,9-10,13H,1-4,7-8H2. The molecule has 0 spiro atoms. The lowest BCUT2D eigenvalue weighted by atomic mass is 10.2. The van der Waals surface area contributed by atoms with Crippen LogP contribution in [-0.2, 0) is 6.54 Å². The molecule has 1 aliphatic rings. The van der Waals surface area contributed by atoms with Gasteiger partial charge in [-0.05, 0) is 12.8 Å². The lowest BCUT2D eigenvalue weighted by Crippen LogP contribution is -2.32. The van der Waals surface area contributed by atoms with E-state index in [-0.39, 0.29) is 5.56 Å². The molecule has 2 rings (SSSR count). The van der Waals surface area contributed by atoms with Crippen LogP contribution in [0.2, 0.25) is 0 Å². The summed E-state index contributed by atoms with van der Waals surface area (Å²) in [6.07, 6.45) is 8.36. The normalized spacial score (nSPS) is 17.1. The van der Waals surface area contributed by atoms with Gasteiger partial charge in [-0.3, -0.25) is 9.36 Å². The highest BCUT2D eigenvalue weighted by atomic mass is 16.1. The van der Waals surface area contributed by atoms with E-state index in [9.17, 15) is 4.79 Å². The maximum atomic E-state index is 11.3. The Labute approximate surface area is 89.3 Å². The van der Waals surface area contributed by atoms with Crippen molar-refractivity contribution in [1.29, 1.82) is 0 Å². The van der Waals surface area contributed by atoms with Gasteiger partial charge in [-0.25, -0.2) is 4.98 Å². The number of nitrogens with one attached hydrogen (secondary N) is 1. The third-order valence-corrected chi connectivity index (χ3v) is 2.93. The Bertz CT molecular complexity index is 355. The van der Waals surface area contributed by atoms with Crippen molar-refractivity contribution >= 4 is 0 Å². The van der Waals surface area contributed by atoms with Gasteiger partial charge in [-0.15, -0.1) is 0 Å². The largest absolute Gasteiger partial charge is 0.312 e. The number of hydrogen-bond donors (Lipinski definition) is 1. The van der Waals surface area contributed by atoms with Gasteiger partial charge in [0.15, 0.2) is 0 Å². The molecule has 1 N–H and O–H groups in total. The predicted molar refractivity (Wildman–Crippen MR) is 58.8 cm³/mol. The Morgan fingerprint density at radius 1 is 1.47 bits per heavy atom. The Balaban J connectivity index is 1.78. The lowest BCUT2D eigenvalue weighted by Gasteiger charge is -2.11. The molecule has 1 aliphatic carbocycles. The molecule has 1 heterocycles. The zero-order valence-electron chi connectivity index (χ0n) is 8.85. The maximum Gasteiger partial charge on any atom is 0.253 e. The fourth-order valence-electron chi connectivity index (χ4n) is 2.07. The smallest absolute Gasteiger partial charge is 0.253 e. The fraction of sp³-hybridized carbons (Fsp3) is 0.636. The Hall–Kier alpha value is -1.16. The monoisotopic (exact) mass is 207 g/mol. The summed E-state index contributed by atoms with van der Waals surface area (Å²) >= 11 is 0. The summed E-state index contributed by atoms with van der Waals surface area (Å²) in [6.45, 7) is 1.57. The number of nitrogens with zero attached hydrogens (tertiary/aromatic N) is 2. The van der Waals surface area contributed by atoms with Crippen LogP contribution in [0.5, 0.6) is 0 Å². The van der Waals surface area contributed by atoms with E-state index in [1.807, 2.05) is 0 Å². The lowest BCUT2D eigenvalue weighted by molar-refractivity contribution is 0.490. The Morgan fingerprint density at radius 2 is 2.27 bits per heavy atom. The highest BCUT2D eigenvalue weighted by molar-refractivity contribution is 4.82. The molecule has 0 atom stereocenters. The Kier molecular flexibility index (Phi) is 3.50. The quantitative estimate of drug-likeness (QED) is 0.793. The molecular weight excluding hydrogens is 190 g/mol. The first-order chi connectivity index (χ1) is 7.36. The first-order valence-electron chi connectivity index (χ1n) is 5.60. The molecule has 4 nitrogen and oxygen atoms in total. The van der Waals surface area contributed by atoms with Crippen LogP contribution in [-0.4, -0.2) is 22.1 Å². The maximum absolute atomic E-state index is 11.3. The predicted octanol–water partition coefficient (Wildman–Crippen LogP) is 0.775. The third-order valence-electron chi connectivity index (χ3n) is 2.93. The van der Waals surface area contributed by atoms with E-state index in [4.69, 9.17) is 0 Å². The third kappa shape index (κ3) is 2.89. The Morgan fingerprint density at radius 3 is 3.00 bits per heavy atom. The molecule has 82 valence electrons. The van der Waals surface area contributed by atoms with Crippen LogP contribution >= 0.6 is 0 Å². The summed E-state index contributed by atoms with van der Waals surface area (Å²) in [6, 6.07) is 2.16. The molecule has 1 aromatic heterocycles. The van der Waals surface area contributed by atoms with Crippen molar-refractivity contribution in [1.82, 2.24) is 14.9 Å². The van der Waals surface area contributed by atoms with Crippen molar-refractivity contribution < 1.29 is 0 Å². The SMILES string of the molecule is O=c1ccncn1CCNC1CCCC1. The average Bonchev–Trinajstić information content (AvgIpc) is 2.74. The van der Waals surface area contributed by atoms with E-state index in [0.717, 1.165) is 6.54 Å². The van der Waals surface area contributed by atoms with Crippen LogP contribution in [0.3, 0.4) is 0 Å². The van der Waals surface area contributed by atoms with Gasteiger partial charge >= 0.3 is 0 Å². The van der Waals surface area contributed by atoms with E-state index in [2.05, 4.69) is 10.3 Å². The van der Waals surface area contributed by atoms with Gasteiger partial charge in [0.25, 0.3) is 5.56 Å². The average molecular weight is 207 g/mol. The summed E-state index contributed by atoms with van der Waals surface area (Å²) < 4.78 is 1.64. The van der Waals surface area contributed by atoms with Gasteiger partial charge in [-0.1, -0.05) is 12.8 Å². The van der Waals surface area contributed by atoms with Crippen LogP contribution in [0, 0.1) is 0 Å². The molecule has 1 saturated carbocycles. The molecule has 0 aromatic carbocycles. The van der Waals surface area contributed by atoms with Gasteiger partial charge < -0.3 is 5.32 Å².